The topological polar surface area (TPSA) is 50.4 Å². The number of carbonyl (C=O) groups excluding carboxylic acids is 1. The molecule has 1 heterocycles. The highest BCUT2D eigenvalue weighted by atomic mass is 19.1. The van der Waals surface area contributed by atoms with Crippen molar-refractivity contribution in [3.05, 3.63) is 35.9 Å². The molecule has 1 aromatic rings. The molecule has 1 unspecified atom stereocenters. The fourth-order valence-corrected chi connectivity index (χ4v) is 3.08. The monoisotopic (exact) mass is 308 g/mol. The van der Waals surface area contributed by atoms with Gasteiger partial charge in [-0.3, -0.25) is 0 Å². The number of benzene rings is 1. The number of alkyl halides is 1. The highest BCUT2D eigenvalue weighted by molar-refractivity contribution is 5.67. The summed E-state index contributed by atoms with van der Waals surface area (Å²) in [5, 5.41) is 5.92. The largest absolute Gasteiger partial charge is 0.445 e. The number of alkyl carbamates (subject to hydrolysis) is 1. The first kappa shape index (κ1) is 16.7. The minimum atomic E-state index is -0.979. The van der Waals surface area contributed by atoms with Crippen LogP contribution >= 0.6 is 0 Å². The Morgan fingerprint density at radius 1 is 1.41 bits per heavy atom. The summed E-state index contributed by atoms with van der Waals surface area (Å²) < 4.78 is 19.6. The molecule has 2 rings (SSSR count). The van der Waals surface area contributed by atoms with Crippen molar-refractivity contribution in [1.29, 1.82) is 0 Å². The van der Waals surface area contributed by atoms with Crippen LogP contribution < -0.4 is 10.6 Å². The second-order valence-electron chi connectivity index (χ2n) is 6.19. The van der Waals surface area contributed by atoms with Crippen molar-refractivity contribution in [2.45, 2.75) is 45.6 Å². The zero-order chi connectivity index (χ0) is 16.1. The van der Waals surface area contributed by atoms with Gasteiger partial charge in [0, 0.05) is 18.0 Å². The van der Waals surface area contributed by atoms with E-state index in [0.29, 0.717) is 0 Å². The highest BCUT2D eigenvalue weighted by Gasteiger charge is 2.39. The number of amides is 1. The minimum Gasteiger partial charge on any atom is -0.445 e. The zero-order valence-corrected chi connectivity index (χ0v) is 13.4. The van der Waals surface area contributed by atoms with Crippen molar-refractivity contribution < 1.29 is 13.9 Å². The number of carbonyl (C=O) groups is 1. The lowest BCUT2D eigenvalue weighted by atomic mass is 9.78. The van der Waals surface area contributed by atoms with E-state index in [0.717, 1.165) is 12.1 Å². The van der Waals surface area contributed by atoms with E-state index in [4.69, 9.17) is 4.74 Å². The minimum absolute atomic E-state index is 0.163. The van der Waals surface area contributed by atoms with E-state index < -0.39 is 12.3 Å². The van der Waals surface area contributed by atoms with Crippen LogP contribution in [0, 0.1) is 11.8 Å². The van der Waals surface area contributed by atoms with Crippen LogP contribution in [0.1, 0.15) is 26.3 Å². The number of ether oxygens (including phenoxy) is 1. The van der Waals surface area contributed by atoms with E-state index in [9.17, 15) is 9.18 Å². The lowest BCUT2D eigenvalue weighted by Crippen LogP contribution is -2.56. The van der Waals surface area contributed by atoms with Gasteiger partial charge in [-0.1, -0.05) is 37.3 Å². The third kappa shape index (κ3) is 4.19. The maximum absolute atomic E-state index is 14.4. The van der Waals surface area contributed by atoms with Gasteiger partial charge in [-0.2, -0.15) is 0 Å². The molecule has 122 valence electrons. The van der Waals surface area contributed by atoms with Gasteiger partial charge < -0.3 is 15.4 Å². The third-order valence-corrected chi connectivity index (χ3v) is 4.40. The van der Waals surface area contributed by atoms with Crippen LogP contribution in [0.5, 0.6) is 0 Å². The summed E-state index contributed by atoms with van der Waals surface area (Å²) in [5.74, 6) is -0.0452. The Morgan fingerprint density at radius 3 is 2.77 bits per heavy atom. The van der Waals surface area contributed by atoms with Gasteiger partial charge in [0.2, 0.25) is 0 Å². The molecule has 1 fully saturated rings. The summed E-state index contributed by atoms with van der Waals surface area (Å²) in [6.07, 6.45) is -1.48. The molecule has 2 N–H and O–H groups in total. The molecule has 0 aliphatic carbocycles. The number of rotatable bonds is 4. The molecule has 1 saturated heterocycles. The Labute approximate surface area is 131 Å². The van der Waals surface area contributed by atoms with Gasteiger partial charge in [-0.15, -0.1) is 0 Å². The predicted octanol–water partition coefficient (Wildman–Crippen LogP) is 2.88. The number of hydrogen-bond acceptors (Lipinski definition) is 3. The van der Waals surface area contributed by atoms with Gasteiger partial charge in [0.05, 0.1) is 0 Å². The van der Waals surface area contributed by atoms with Crippen LogP contribution in [0.25, 0.3) is 0 Å². The number of halogens is 1. The number of piperidine rings is 1. The van der Waals surface area contributed by atoms with Crippen molar-refractivity contribution in [3.63, 3.8) is 0 Å². The molecule has 1 aliphatic rings. The van der Waals surface area contributed by atoms with Crippen LogP contribution in [0.15, 0.2) is 30.3 Å². The van der Waals surface area contributed by atoms with Crippen molar-refractivity contribution >= 4 is 6.09 Å². The maximum atomic E-state index is 14.4. The molecule has 5 atom stereocenters. The molecular formula is C17H25FN2O2. The summed E-state index contributed by atoms with van der Waals surface area (Å²) in [4.78, 5) is 11.9. The van der Waals surface area contributed by atoms with Gasteiger partial charge in [0.1, 0.15) is 12.8 Å². The molecule has 4 nitrogen and oxygen atoms in total. The Morgan fingerprint density at radius 2 is 2.09 bits per heavy atom. The molecule has 1 aromatic carbocycles. The molecule has 1 aliphatic heterocycles. The molecule has 1 amide bonds. The van der Waals surface area contributed by atoms with E-state index in [1.54, 1.807) is 0 Å². The van der Waals surface area contributed by atoms with E-state index in [1.807, 2.05) is 51.1 Å². The molecule has 22 heavy (non-hydrogen) atoms. The SMILES string of the molecule is C[C@@H]1CN[C@@H](C)[C@@H](F)C1[C@@H](C)NC(=O)OCc1ccccc1. The van der Waals surface area contributed by atoms with Gasteiger partial charge in [0.25, 0.3) is 0 Å². The normalized spacial score (nSPS) is 29.6. The summed E-state index contributed by atoms with van der Waals surface area (Å²) >= 11 is 0. The molecular weight excluding hydrogens is 283 g/mol. The second kappa shape index (κ2) is 7.58. The Hall–Kier alpha value is -1.62. The van der Waals surface area contributed by atoms with E-state index in [1.165, 1.54) is 0 Å². The van der Waals surface area contributed by atoms with Crippen molar-refractivity contribution in [2.75, 3.05) is 6.54 Å². The van der Waals surface area contributed by atoms with Gasteiger partial charge in [0.15, 0.2) is 0 Å². The zero-order valence-electron chi connectivity index (χ0n) is 13.4. The molecule has 0 bridgehead atoms. The smallest absolute Gasteiger partial charge is 0.407 e. The average Bonchev–Trinajstić information content (AvgIpc) is 2.50. The Bertz CT molecular complexity index is 483. The second-order valence-corrected chi connectivity index (χ2v) is 6.19. The lowest BCUT2D eigenvalue weighted by Gasteiger charge is -2.40. The van der Waals surface area contributed by atoms with Crippen LogP contribution in [-0.2, 0) is 11.3 Å². The average molecular weight is 308 g/mol. The fourth-order valence-electron chi connectivity index (χ4n) is 3.08. The van der Waals surface area contributed by atoms with E-state index >= 15 is 0 Å². The highest BCUT2D eigenvalue weighted by Crippen LogP contribution is 2.28. The van der Waals surface area contributed by atoms with Crippen molar-refractivity contribution in [1.82, 2.24) is 10.6 Å². The van der Waals surface area contributed by atoms with E-state index in [2.05, 4.69) is 10.6 Å². The fraction of sp³-hybridized carbons (Fsp3) is 0.588. The molecule has 0 aromatic heterocycles. The molecule has 0 radical (unpaired) electrons. The molecule has 5 heteroatoms. The summed E-state index contributed by atoms with van der Waals surface area (Å²) in [6, 6.07) is 9.03. The van der Waals surface area contributed by atoms with Crippen molar-refractivity contribution in [2.24, 2.45) is 11.8 Å². The van der Waals surface area contributed by atoms with Gasteiger partial charge >= 0.3 is 6.09 Å². The number of hydrogen-bond donors (Lipinski definition) is 2. The maximum Gasteiger partial charge on any atom is 0.407 e. The first-order chi connectivity index (χ1) is 10.5. The van der Waals surface area contributed by atoms with Gasteiger partial charge in [-0.05, 0) is 31.9 Å². The number of nitrogens with one attached hydrogen (secondary N) is 2. The van der Waals surface area contributed by atoms with Crippen LogP contribution in [0.2, 0.25) is 0 Å². The summed E-state index contributed by atoms with van der Waals surface area (Å²) in [7, 11) is 0. The molecule has 0 saturated carbocycles. The first-order valence-corrected chi connectivity index (χ1v) is 7.83. The molecule has 0 spiro atoms. The quantitative estimate of drug-likeness (QED) is 0.899. The van der Waals surface area contributed by atoms with E-state index in [-0.39, 0.29) is 30.5 Å². The van der Waals surface area contributed by atoms with Crippen LogP contribution in [0.4, 0.5) is 9.18 Å². The third-order valence-electron chi connectivity index (χ3n) is 4.40. The lowest BCUT2D eigenvalue weighted by molar-refractivity contribution is 0.0639. The standard InChI is InChI=1S/C17H25FN2O2/c1-11-9-19-13(3)16(18)15(11)12(2)20-17(21)22-10-14-7-5-4-6-8-14/h4-8,11-13,15-16,19H,9-10H2,1-3H3,(H,20,21)/t11-,12-,13+,15?,16-/m1/s1. The van der Waals surface area contributed by atoms with Crippen LogP contribution in [0.3, 0.4) is 0 Å². The van der Waals surface area contributed by atoms with Gasteiger partial charge in [-0.25, -0.2) is 9.18 Å². The first-order valence-electron chi connectivity index (χ1n) is 7.83. The summed E-state index contributed by atoms with van der Waals surface area (Å²) in [5.41, 5.74) is 0.928. The van der Waals surface area contributed by atoms with Crippen LogP contribution in [-0.4, -0.2) is 30.9 Å². The Kier molecular flexibility index (Phi) is 5.77. The predicted molar refractivity (Wildman–Crippen MR) is 84.2 cm³/mol. The summed E-state index contributed by atoms with van der Waals surface area (Å²) in [6.45, 7) is 6.66. The van der Waals surface area contributed by atoms with Crippen molar-refractivity contribution in [3.8, 4) is 0 Å². The Balaban J connectivity index is 1.85.